The van der Waals surface area contributed by atoms with Crippen molar-refractivity contribution in [2.75, 3.05) is 0 Å². The van der Waals surface area contributed by atoms with Gasteiger partial charge in [0.15, 0.2) is 17.7 Å². The number of carbonyl (C=O) groups excluding carboxylic acids is 1. The Morgan fingerprint density at radius 3 is 2.48 bits per heavy atom. The molecule has 0 saturated carbocycles. The van der Waals surface area contributed by atoms with Gasteiger partial charge < -0.3 is 4.74 Å². The van der Waals surface area contributed by atoms with E-state index in [4.69, 9.17) is 4.74 Å². The highest BCUT2D eigenvalue weighted by atomic mass is 19.1. The summed E-state index contributed by atoms with van der Waals surface area (Å²) in [5.41, 5.74) is 2.64. The molecule has 0 aliphatic rings. The van der Waals surface area contributed by atoms with Crippen LogP contribution in [-0.4, -0.2) is 11.9 Å². The second kappa shape index (κ2) is 6.53. The molecule has 0 amide bonds. The summed E-state index contributed by atoms with van der Waals surface area (Å²) in [5.74, 6) is -0.499. The molecule has 1 unspecified atom stereocenters. The lowest BCUT2D eigenvalue weighted by atomic mass is 10.0. The van der Waals surface area contributed by atoms with Crippen LogP contribution in [0.2, 0.25) is 0 Å². The van der Waals surface area contributed by atoms with Gasteiger partial charge in [-0.1, -0.05) is 37.3 Å². The summed E-state index contributed by atoms with van der Waals surface area (Å²) in [4.78, 5) is 12.3. The van der Waals surface area contributed by atoms with E-state index in [0.29, 0.717) is 5.56 Å². The third-order valence-corrected chi connectivity index (χ3v) is 3.41. The van der Waals surface area contributed by atoms with Crippen LogP contribution in [0.15, 0.2) is 42.5 Å². The van der Waals surface area contributed by atoms with E-state index in [1.165, 1.54) is 11.6 Å². The molecule has 0 aliphatic carbocycles. The van der Waals surface area contributed by atoms with Crippen LogP contribution in [0.1, 0.15) is 35.3 Å². The Morgan fingerprint density at radius 1 is 1.19 bits per heavy atom. The van der Waals surface area contributed by atoms with E-state index in [0.717, 1.165) is 12.0 Å². The van der Waals surface area contributed by atoms with Crippen LogP contribution in [0.3, 0.4) is 0 Å². The van der Waals surface area contributed by atoms with E-state index in [9.17, 15) is 9.18 Å². The summed E-state index contributed by atoms with van der Waals surface area (Å²) in [6, 6.07) is 12.0. The minimum absolute atomic E-state index is 0.112. The Kier molecular flexibility index (Phi) is 4.73. The third kappa shape index (κ3) is 3.69. The van der Waals surface area contributed by atoms with E-state index in [-0.39, 0.29) is 11.5 Å². The van der Waals surface area contributed by atoms with Crippen LogP contribution in [0.5, 0.6) is 5.75 Å². The van der Waals surface area contributed by atoms with Crippen molar-refractivity contribution >= 4 is 5.78 Å². The van der Waals surface area contributed by atoms with E-state index in [1.54, 1.807) is 31.2 Å². The molecule has 0 bridgehead atoms. The molecule has 0 saturated heterocycles. The van der Waals surface area contributed by atoms with E-state index >= 15 is 0 Å². The van der Waals surface area contributed by atoms with Gasteiger partial charge in [0.25, 0.3) is 0 Å². The fourth-order valence-corrected chi connectivity index (χ4v) is 2.08. The maximum Gasteiger partial charge on any atom is 0.202 e. The van der Waals surface area contributed by atoms with Crippen LogP contribution in [0.25, 0.3) is 0 Å². The van der Waals surface area contributed by atoms with Gasteiger partial charge in [0.1, 0.15) is 0 Å². The van der Waals surface area contributed by atoms with E-state index in [2.05, 4.69) is 6.92 Å². The molecule has 0 aliphatic heterocycles. The van der Waals surface area contributed by atoms with Gasteiger partial charge in [0, 0.05) is 5.56 Å². The second-order valence-electron chi connectivity index (χ2n) is 5.11. The monoisotopic (exact) mass is 286 g/mol. The SMILES string of the molecule is CCc1ccc(C(=O)C(C)Oc2cc(C)ccc2F)cc1. The Hall–Kier alpha value is -2.16. The maximum absolute atomic E-state index is 13.7. The van der Waals surface area contributed by atoms with Crippen molar-refractivity contribution in [3.63, 3.8) is 0 Å². The van der Waals surface area contributed by atoms with Crippen LogP contribution in [-0.2, 0) is 6.42 Å². The number of hydrogen-bond donors (Lipinski definition) is 0. The summed E-state index contributed by atoms with van der Waals surface area (Å²) in [7, 11) is 0. The van der Waals surface area contributed by atoms with Gasteiger partial charge >= 0.3 is 0 Å². The molecule has 3 heteroatoms. The average molecular weight is 286 g/mol. The number of benzene rings is 2. The largest absolute Gasteiger partial charge is 0.479 e. The molecule has 0 radical (unpaired) electrons. The van der Waals surface area contributed by atoms with Crippen molar-refractivity contribution in [3.05, 3.63) is 65.0 Å². The number of ketones is 1. The van der Waals surface area contributed by atoms with Crippen LogP contribution in [0.4, 0.5) is 4.39 Å². The zero-order chi connectivity index (χ0) is 15.4. The topological polar surface area (TPSA) is 26.3 Å². The minimum atomic E-state index is -0.728. The van der Waals surface area contributed by atoms with Crippen molar-refractivity contribution in [2.45, 2.75) is 33.3 Å². The lowest BCUT2D eigenvalue weighted by Crippen LogP contribution is -2.24. The normalized spacial score (nSPS) is 12.0. The molecule has 110 valence electrons. The van der Waals surface area contributed by atoms with Crippen LogP contribution >= 0.6 is 0 Å². The van der Waals surface area contributed by atoms with Crippen molar-refractivity contribution in [2.24, 2.45) is 0 Å². The summed E-state index contributed by atoms with van der Waals surface area (Å²) in [6.45, 7) is 5.54. The molecule has 2 rings (SSSR count). The molecular formula is C18H19FO2. The van der Waals surface area contributed by atoms with Crippen molar-refractivity contribution in [1.29, 1.82) is 0 Å². The van der Waals surface area contributed by atoms with Gasteiger partial charge in [0.05, 0.1) is 0 Å². The molecule has 2 aromatic rings. The summed E-state index contributed by atoms with van der Waals surface area (Å²) < 4.78 is 19.1. The van der Waals surface area contributed by atoms with Crippen molar-refractivity contribution in [1.82, 2.24) is 0 Å². The van der Waals surface area contributed by atoms with Gasteiger partial charge in [-0.2, -0.15) is 0 Å². The minimum Gasteiger partial charge on any atom is -0.479 e. The smallest absolute Gasteiger partial charge is 0.202 e. The number of carbonyl (C=O) groups is 1. The number of Topliss-reactive ketones (excluding diaryl/α,β-unsaturated/α-hetero) is 1. The van der Waals surface area contributed by atoms with Gasteiger partial charge in [-0.15, -0.1) is 0 Å². The lowest BCUT2D eigenvalue weighted by molar-refractivity contribution is 0.0812. The Balaban J connectivity index is 2.13. The summed E-state index contributed by atoms with van der Waals surface area (Å²) in [6.07, 6.45) is 0.198. The first-order valence-electron chi connectivity index (χ1n) is 7.07. The molecule has 0 N–H and O–H groups in total. The van der Waals surface area contributed by atoms with E-state index in [1.807, 2.05) is 19.1 Å². The molecule has 21 heavy (non-hydrogen) atoms. The first-order chi connectivity index (χ1) is 10.0. The molecule has 0 heterocycles. The average Bonchev–Trinajstić information content (AvgIpc) is 2.50. The highest BCUT2D eigenvalue weighted by Crippen LogP contribution is 2.21. The molecular weight excluding hydrogens is 267 g/mol. The molecule has 1 atom stereocenters. The summed E-state index contributed by atoms with van der Waals surface area (Å²) >= 11 is 0. The Bertz CT molecular complexity index is 632. The first-order valence-corrected chi connectivity index (χ1v) is 7.07. The number of ether oxygens (including phenoxy) is 1. The highest BCUT2D eigenvalue weighted by molar-refractivity contribution is 5.99. The van der Waals surface area contributed by atoms with Crippen LogP contribution in [0, 0.1) is 12.7 Å². The van der Waals surface area contributed by atoms with Crippen molar-refractivity contribution < 1.29 is 13.9 Å². The van der Waals surface area contributed by atoms with E-state index < -0.39 is 11.9 Å². The number of hydrogen-bond acceptors (Lipinski definition) is 2. The summed E-state index contributed by atoms with van der Waals surface area (Å²) in [5, 5.41) is 0. The van der Waals surface area contributed by atoms with Gasteiger partial charge in [-0.25, -0.2) is 4.39 Å². The first kappa shape index (κ1) is 15.2. The number of halogens is 1. The number of rotatable bonds is 5. The molecule has 0 aromatic heterocycles. The fourth-order valence-electron chi connectivity index (χ4n) is 2.08. The molecule has 0 fully saturated rings. The number of aryl methyl sites for hydroxylation is 2. The Labute approximate surface area is 124 Å². The predicted octanol–water partition coefficient (Wildman–Crippen LogP) is 4.35. The Morgan fingerprint density at radius 2 is 1.86 bits per heavy atom. The van der Waals surface area contributed by atoms with Gasteiger partial charge in [-0.3, -0.25) is 4.79 Å². The molecule has 2 nitrogen and oxygen atoms in total. The molecule has 0 spiro atoms. The highest BCUT2D eigenvalue weighted by Gasteiger charge is 2.18. The fraction of sp³-hybridized carbons (Fsp3) is 0.278. The van der Waals surface area contributed by atoms with Crippen LogP contribution < -0.4 is 4.74 Å². The quantitative estimate of drug-likeness (QED) is 0.764. The van der Waals surface area contributed by atoms with Crippen molar-refractivity contribution in [3.8, 4) is 5.75 Å². The zero-order valence-corrected chi connectivity index (χ0v) is 12.5. The van der Waals surface area contributed by atoms with Gasteiger partial charge in [-0.05, 0) is 43.5 Å². The van der Waals surface area contributed by atoms with Gasteiger partial charge in [0.2, 0.25) is 5.78 Å². The predicted molar refractivity (Wildman–Crippen MR) is 81.4 cm³/mol. The standard InChI is InChI=1S/C18H19FO2/c1-4-14-6-8-15(9-7-14)18(20)13(3)21-17-11-12(2)5-10-16(17)19/h5-11,13H,4H2,1-3H3. The maximum atomic E-state index is 13.7. The zero-order valence-electron chi connectivity index (χ0n) is 12.5. The third-order valence-electron chi connectivity index (χ3n) is 3.41. The molecule has 2 aromatic carbocycles. The lowest BCUT2D eigenvalue weighted by Gasteiger charge is -2.15. The second-order valence-corrected chi connectivity index (χ2v) is 5.11.